The van der Waals surface area contributed by atoms with E-state index in [1.807, 2.05) is 0 Å². The molecule has 15 heavy (non-hydrogen) atoms. The van der Waals surface area contributed by atoms with Gasteiger partial charge in [-0.1, -0.05) is 5.16 Å². The molecule has 0 heterocycles. The lowest BCUT2D eigenvalue weighted by Crippen LogP contribution is -2.37. The van der Waals surface area contributed by atoms with E-state index >= 15 is 0 Å². The van der Waals surface area contributed by atoms with Crippen molar-refractivity contribution in [1.82, 2.24) is 5.32 Å². The van der Waals surface area contributed by atoms with Gasteiger partial charge in [-0.3, -0.25) is 4.79 Å². The van der Waals surface area contributed by atoms with Gasteiger partial charge in [0, 0.05) is 20.3 Å². The minimum atomic E-state index is -0.600. The van der Waals surface area contributed by atoms with Crippen LogP contribution < -0.4 is 11.1 Å². The molecule has 0 aliphatic heterocycles. The van der Waals surface area contributed by atoms with E-state index in [-0.39, 0.29) is 11.7 Å². The Kier molecular flexibility index (Phi) is 7.35. The van der Waals surface area contributed by atoms with Gasteiger partial charge in [0.15, 0.2) is 5.84 Å². The lowest BCUT2D eigenvalue weighted by molar-refractivity contribution is -0.122. The smallest absolute Gasteiger partial charge is 0.230 e. The highest BCUT2D eigenvalue weighted by molar-refractivity contribution is 6.01. The summed E-state index contributed by atoms with van der Waals surface area (Å²) in [5.74, 6) is -0.912. The van der Waals surface area contributed by atoms with Crippen LogP contribution in [0.2, 0.25) is 0 Å². The van der Waals surface area contributed by atoms with Crippen molar-refractivity contribution in [3.8, 4) is 0 Å². The Balaban J connectivity index is 3.65. The van der Waals surface area contributed by atoms with Crippen molar-refractivity contribution in [2.75, 3.05) is 20.3 Å². The maximum absolute atomic E-state index is 11.4. The first-order valence-corrected chi connectivity index (χ1v) is 4.87. The summed E-state index contributed by atoms with van der Waals surface area (Å²) in [7, 11) is 1.64. The van der Waals surface area contributed by atoms with E-state index in [0.717, 1.165) is 12.8 Å². The van der Waals surface area contributed by atoms with Gasteiger partial charge in [0.2, 0.25) is 5.91 Å². The van der Waals surface area contributed by atoms with Crippen LogP contribution in [0, 0.1) is 5.92 Å². The summed E-state index contributed by atoms with van der Waals surface area (Å²) < 4.78 is 4.87. The van der Waals surface area contributed by atoms with Gasteiger partial charge in [-0.2, -0.15) is 0 Å². The predicted octanol–water partition coefficient (Wildman–Crippen LogP) is -0.0883. The minimum absolute atomic E-state index is 0.0793. The number of carbonyl (C=O) groups is 1. The summed E-state index contributed by atoms with van der Waals surface area (Å²) in [5.41, 5.74) is 5.29. The third-order valence-electron chi connectivity index (χ3n) is 2.03. The molecule has 0 aliphatic rings. The number of nitrogens with zero attached hydrogens (tertiary/aromatic N) is 1. The highest BCUT2D eigenvalue weighted by Crippen LogP contribution is 1.95. The van der Waals surface area contributed by atoms with Crippen molar-refractivity contribution in [1.29, 1.82) is 0 Å². The maximum atomic E-state index is 11.4. The zero-order valence-corrected chi connectivity index (χ0v) is 9.19. The van der Waals surface area contributed by atoms with Crippen LogP contribution in [0.5, 0.6) is 0 Å². The maximum Gasteiger partial charge on any atom is 0.230 e. The molecular weight excluding hydrogens is 198 g/mol. The Bertz CT molecular complexity index is 219. The van der Waals surface area contributed by atoms with Gasteiger partial charge in [-0.15, -0.1) is 0 Å². The van der Waals surface area contributed by atoms with E-state index in [1.54, 1.807) is 14.0 Å². The molecule has 6 heteroatoms. The van der Waals surface area contributed by atoms with Crippen LogP contribution in [-0.2, 0) is 9.53 Å². The molecule has 1 atom stereocenters. The Hall–Kier alpha value is -1.30. The molecule has 0 rings (SSSR count). The molecule has 0 fully saturated rings. The Labute approximate surface area is 89.5 Å². The van der Waals surface area contributed by atoms with Crippen molar-refractivity contribution in [2.45, 2.75) is 19.8 Å². The summed E-state index contributed by atoms with van der Waals surface area (Å²) in [6, 6.07) is 0. The molecule has 1 amide bonds. The van der Waals surface area contributed by atoms with Gasteiger partial charge in [0.1, 0.15) is 0 Å². The van der Waals surface area contributed by atoms with Gasteiger partial charge < -0.3 is 21.0 Å². The summed E-state index contributed by atoms with van der Waals surface area (Å²) in [6.07, 6.45) is 1.75. The van der Waals surface area contributed by atoms with E-state index in [0.29, 0.717) is 13.2 Å². The molecule has 0 spiro atoms. The second kappa shape index (κ2) is 8.05. The van der Waals surface area contributed by atoms with Crippen molar-refractivity contribution in [3.05, 3.63) is 0 Å². The number of hydrogen-bond donors (Lipinski definition) is 3. The van der Waals surface area contributed by atoms with Crippen LogP contribution >= 0.6 is 0 Å². The number of nitrogens with two attached hydrogens (primary N) is 1. The third kappa shape index (κ3) is 5.90. The lowest BCUT2D eigenvalue weighted by Gasteiger charge is -2.10. The van der Waals surface area contributed by atoms with Gasteiger partial charge in [-0.25, -0.2) is 0 Å². The van der Waals surface area contributed by atoms with Gasteiger partial charge >= 0.3 is 0 Å². The molecule has 4 N–H and O–H groups in total. The molecule has 88 valence electrons. The van der Waals surface area contributed by atoms with Crippen molar-refractivity contribution in [2.24, 2.45) is 16.8 Å². The van der Waals surface area contributed by atoms with E-state index < -0.39 is 5.92 Å². The fraction of sp³-hybridized carbons (Fsp3) is 0.778. The average Bonchev–Trinajstić information content (AvgIpc) is 2.26. The average molecular weight is 217 g/mol. The second-order valence-corrected chi connectivity index (χ2v) is 3.24. The number of amides is 1. The van der Waals surface area contributed by atoms with E-state index in [4.69, 9.17) is 15.7 Å². The van der Waals surface area contributed by atoms with Crippen LogP contribution in [0.4, 0.5) is 0 Å². The normalized spacial score (nSPS) is 13.6. The first-order chi connectivity index (χ1) is 7.13. The van der Waals surface area contributed by atoms with Crippen molar-refractivity contribution < 1.29 is 14.7 Å². The first-order valence-electron chi connectivity index (χ1n) is 4.87. The molecule has 0 saturated heterocycles. The number of rotatable bonds is 7. The summed E-state index contributed by atoms with van der Waals surface area (Å²) in [5, 5.41) is 13.8. The number of methoxy groups -OCH3 is 1. The molecule has 0 radical (unpaired) electrons. The van der Waals surface area contributed by atoms with Gasteiger partial charge in [-0.05, 0) is 19.8 Å². The first kappa shape index (κ1) is 13.7. The number of ether oxygens (including phenoxy) is 1. The predicted molar refractivity (Wildman–Crippen MR) is 56.7 cm³/mol. The molecule has 6 nitrogen and oxygen atoms in total. The topological polar surface area (TPSA) is 96.9 Å². The number of unbranched alkanes of at least 4 members (excludes halogenated alkanes) is 1. The monoisotopic (exact) mass is 217 g/mol. The van der Waals surface area contributed by atoms with Crippen molar-refractivity contribution in [3.63, 3.8) is 0 Å². The fourth-order valence-corrected chi connectivity index (χ4v) is 0.957. The summed E-state index contributed by atoms with van der Waals surface area (Å²) in [6.45, 7) is 2.84. The zero-order chi connectivity index (χ0) is 11.7. The highest BCUT2D eigenvalue weighted by Gasteiger charge is 2.16. The van der Waals surface area contributed by atoms with E-state index in [9.17, 15) is 4.79 Å². The van der Waals surface area contributed by atoms with Crippen LogP contribution in [0.3, 0.4) is 0 Å². The molecule has 1 unspecified atom stereocenters. The lowest BCUT2D eigenvalue weighted by atomic mass is 10.1. The standard InChI is InChI=1S/C9H19N3O3/c1-7(8(10)12-14)9(13)11-5-3-4-6-15-2/h7,14H,3-6H2,1-2H3,(H2,10,12)(H,11,13). The van der Waals surface area contributed by atoms with Crippen LogP contribution in [0.15, 0.2) is 5.16 Å². The number of carbonyl (C=O) groups excluding carboxylic acids is 1. The molecule has 0 aromatic heterocycles. The Morgan fingerprint density at radius 2 is 2.27 bits per heavy atom. The number of nitrogens with one attached hydrogen (secondary N) is 1. The van der Waals surface area contributed by atoms with Crippen molar-refractivity contribution >= 4 is 11.7 Å². The number of hydrogen-bond acceptors (Lipinski definition) is 4. The van der Waals surface area contributed by atoms with Gasteiger partial charge in [0.05, 0.1) is 5.92 Å². The molecular formula is C9H19N3O3. The largest absolute Gasteiger partial charge is 0.409 e. The minimum Gasteiger partial charge on any atom is -0.409 e. The van der Waals surface area contributed by atoms with E-state index in [1.165, 1.54) is 0 Å². The molecule has 0 aromatic carbocycles. The number of amidine groups is 1. The highest BCUT2D eigenvalue weighted by atomic mass is 16.5. The second-order valence-electron chi connectivity index (χ2n) is 3.24. The Morgan fingerprint density at radius 3 is 2.80 bits per heavy atom. The zero-order valence-electron chi connectivity index (χ0n) is 9.19. The molecule has 0 saturated carbocycles. The molecule has 0 bridgehead atoms. The number of oxime groups is 1. The molecule has 0 aromatic rings. The summed E-state index contributed by atoms with van der Waals surface area (Å²) >= 11 is 0. The van der Waals surface area contributed by atoms with Crippen LogP contribution in [-0.4, -0.2) is 37.2 Å². The van der Waals surface area contributed by atoms with Crippen LogP contribution in [0.25, 0.3) is 0 Å². The van der Waals surface area contributed by atoms with Crippen LogP contribution in [0.1, 0.15) is 19.8 Å². The fourth-order valence-electron chi connectivity index (χ4n) is 0.957. The quantitative estimate of drug-likeness (QED) is 0.182. The Morgan fingerprint density at radius 1 is 1.60 bits per heavy atom. The SMILES string of the molecule is COCCCCNC(=O)C(C)C(N)=NO. The van der Waals surface area contributed by atoms with Gasteiger partial charge in [0.25, 0.3) is 0 Å². The summed E-state index contributed by atoms with van der Waals surface area (Å²) in [4.78, 5) is 11.4. The molecule has 0 aliphatic carbocycles. The third-order valence-corrected chi connectivity index (χ3v) is 2.03. The van der Waals surface area contributed by atoms with E-state index in [2.05, 4.69) is 10.5 Å².